The molecule has 3 heterocycles. The maximum Gasteiger partial charge on any atom is 0.573 e. The van der Waals surface area contributed by atoms with Gasteiger partial charge < -0.3 is 9.47 Å². The van der Waals surface area contributed by atoms with Crippen LogP contribution >= 0.6 is 0 Å². The van der Waals surface area contributed by atoms with Crippen LogP contribution in [0.2, 0.25) is 0 Å². The van der Waals surface area contributed by atoms with Crippen LogP contribution in [0.3, 0.4) is 0 Å². The van der Waals surface area contributed by atoms with Crippen LogP contribution in [0.5, 0.6) is 5.75 Å². The molecule has 7 heteroatoms. The van der Waals surface area contributed by atoms with Crippen molar-refractivity contribution in [3.8, 4) is 29.9 Å². The van der Waals surface area contributed by atoms with E-state index in [-0.39, 0.29) is 17.8 Å². The van der Waals surface area contributed by atoms with Gasteiger partial charge in [0.15, 0.2) is 0 Å². The Bertz CT molecular complexity index is 1050. The zero-order valence-electron chi connectivity index (χ0n) is 16.8. The van der Waals surface area contributed by atoms with Crippen LogP contribution < -0.4 is 4.74 Å². The highest BCUT2D eigenvalue weighted by Gasteiger charge is 2.54. The Kier molecular flexibility index (Phi) is 5.33. The highest BCUT2D eigenvalue weighted by Crippen LogP contribution is 2.44. The van der Waals surface area contributed by atoms with Crippen LogP contribution in [-0.4, -0.2) is 41.5 Å². The molecule has 0 aromatic heterocycles. The standard InChI is InChI=1S/C24H20F3NO3/c1-3-23-20(15-22(29)31-23)18(14-16(2)28-13-5-4-6-21(23)28)10-7-17-8-11-19(12-9-17)30-24(25,26)27/h1,8-9,11-12,14-16,21H,4-6,13H2,2H3. The van der Waals surface area contributed by atoms with E-state index in [2.05, 4.69) is 34.3 Å². The Balaban J connectivity index is 1.69. The van der Waals surface area contributed by atoms with E-state index in [4.69, 9.17) is 11.2 Å². The summed E-state index contributed by atoms with van der Waals surface area (Å²) in [7, 11) is 0. The average Bonchev–Trinajstić information content (AvgIpc) is 3.04. The number of halogens is 3. The van der Waals surface area contributed by atoms with E-state index in [0.29, 0.717) is 16.7 Å². The Labute approximate surface area is 178 Å². The minimum Gasteiger partial charge on any atom is -0.436 e. The molecule has 3 unspecified atom stereocenters. The maximum absolute atomic E-state index is 12.3. The van der Waals surface area contributed by atoms with Gasteiger partial charge >= 0.3 is 12.3 Å². The number of hydrogen-bond acceptors (Lipinski definition) is 4. The fourth-order valence-corrected chi connectivity index (χ4v) is 4.49. The Morgan fingerprint density at radius 3 is 2.65 bits per heavy atom. The molecule has 0 radical (unpaired) electrons. The number of hydrogen-bond donors (Lipinski definition) is 0. The second-order valence-corrected chi connectivity index (χ2v) is 7.75. The molecule has 1 saturated heterocycles. The molecular formula is C24H20F3NO3. The third-order valence-corrected chi connectivity index (χ3v) is 5.80. The van der Waals surface area contributed by atoms with E-state index >= 15 is 0 Å². The van der Waals surface area contributed by atoms with Gasteiger partial charge in [-0.2, -0.15) is 0 Å². The molecule has 0 amide bonds. The lowest BCUT2D eigenvalue weighted by molar-refractivity contribution is -0.274. The molecule has 31 heavy (non-hydrogen) atoms. The zero-order chi connectivity index (χ0) is 22.2. The Morgan fingerprint density at radius 1 is 1.23 bits per heavy atom. The van der Waals surface area contributed by atoms with Gasteiger partial charge in [0.2, 0.25) is 5.60 Å². The summed E-state index contributed by atoms with van der Waals surface area (Å²) in [5, 5.41) is 0. The van der Waals surface area contributed by atoms with Gasteiger partial charge in [0, 0.05) is 28.8 Å². The first kappa shape index (κ1) is 21.1. The Morgan fingerprint density at radius 2 is 1.97 bits per heavy atom. The van der Waals surface area contributed by atoms with E-state index in [1.165, 1.54) is 30.3 Å². The van der Waals surface area contributed by atoms with Crippen LogP contribution in [0.25, 0.3) is 0 Å². The maximum atomic E-state index is 12.3. The third-order valence-electron chi connectivity index (χ3n) is 5.80. The normalized spacial score (nSPS) is 27.9. The van der Waals surface area contributed by atoms with Crippen LogP contribution in [0.4, 0.5) is 13.2 Å². The molecule has 0 saturated carbocycles. The average molecular weight is 427 g/mol. The summed E-state index contributed by atoms with van der Waals surface area (Å²) in [5.41, 5.74) is 0.488. The topological polar surface area (TPSA) is 38.8 Å². The molecule has 1 fully saturated rings. The van der Waals surface area contributed by atoms with Crippen molar-refractivity contribution in [1.29, 1.82) is 0 Å². The number of rotatable bonds is 1. The lowest BCUT2D eigenvalue weighted by Crippen LogP contribution is -2.56. The van der Waals surface area contributed by atoms with Gasteiger partial charge in [-0.3, -0.25) is 4.90 Å². The third kappa shape index (κ3) is 4.06. The van der Waals surface area contributed by atoms with Crippen molar-refractivity contribution in [2.45, 2.75) is 50.2 Å². The SMILES string of the molecule is C#CC12OC(=O)C=C1C(C#Cc1ccc(OC(F)(F)F)cc1)=CC(C)N1CCCCC12. The summed E-state index contributed by atoms with van der Waals surface area (Å²) in [6, 6.07) is 5.19. The monoisotopic (exact) mass is 427 g/mol. The van der Waals surface area contributed by atoms with Gasteiger partial charge in [-0.05, 0) is 50.6 Å². The van der Waals surface area contributed by atoms with Gasteiger partial charge in [-0.25, -0.2) is 4.79 Å². The molecule has 0 aliphatic carbocycles. The minimum absolute atomic E-state index is 0.0348. The molecule has 3 aliphatic rings. The summed E-state index contributed by atoms with van der Waals surface area (Å²) < 4.78 is 46.6. The van der Waals surface area contributed by atoms with Crippen molar-refractivity contribution in [2.75, 3.05) is 6.54 Å². The molecule has 3 atom stereocenters. The number of ether oxygens (including phenoxy) is 2. The number of terminal acetylenes is 1. The molecule has 0 spiro atoms. The number of benzene rings is 1. The van der Waals surface area contributed by atoms with Gasteiger partial charge in [-0.1, -0.05) is 30.3 Å². The molecule has 4 rings (SSSR count). The Hall–Kier alpha value is -3.16. The van der Waals surface area contributed by atoms with Crippen molar-refractivity contribution in [2.24, 2.45) is 0 Å². The molecule has 1 aromatic carbocycles. The summed E-state index contributed by atoms with van der Waals surface area (Å²) in [6.07, 6.45) is 7.40. The first-order valence-electron chi connectivity index (χ1n) is 10.0. The number of alkyl halides is 3. The van der Waals surface area contributed by atoms with Crippen molar-refractivity contribution < 1.29 is 27.4 Å². The van der Waals surface area contributed by atoms with E-state index in [1.54, 1.807) is 0 Å². The number of nitrogens with zero attached hydrogens (tertiary/aromatic N) is 1. The molecule has 3 aliphatic heterocycles. The largest absolute Gasteiger partial charge is 0.573 e. The first-order valence-corrected chi connectivity index (χ1v) is 10.0. The van der Waals surface area contributed by atoms with Crippen molar-refractivity contribution in [3.05, 3.63) is 53.1 Å². The summed E-state index contributed by atoms with van der Waals surface area (Å²) >= 11 is 0. The van der Waals surface area contributed by atoms with E-state index in [0.717, 1.165) is 25.8 Å². The fourth-order valence-electron chi connectivity index (χ4n) is 4.49. The fraction of sp³-hybridized carbons (Fsp3) is 0.375. The second kappa shape index (κ2) is 7.83. The van der Waals surface area contributed by atoms with Crippen LogP contribution in [-0.2, 0) is 9.53 Å². The van der Waals surface area contributed by atoms with Gasteiger partial charge in [0.25, 0.3) is 0 Å². The zero-order valence-corrected chi connectivity index (χ0v) is 16.8. The van der Waals surface area contributed by atoms with E-state index in [9.17, 15) is 18.0 Å². The second-order valence-electron chi connectivity index (χ2n) is 7.75. The predicted octanol–water partition coefficient (Wildman–Crippen LogP) is 3.97. The highest BCUT2D eigenvalue weighted by molar-refractivity contribution is 5.90. The molecular weight excluding hydrogens is 407 g/mol. The van der Waals surface area contributed by atoms with Crippen molar-refractivity contribution in [3.63, 3.8) is 0 Å². The van der Waals surface area contributed by atoms with Crippen LogP contribution in [0.15, 0.2) is 47.6 Å². The quantitative estimate of drug-likeness (QED) is 0.502. The minimum atomic E-state index is -4.75. The van der Waals surface area contributed by atoms with Crippen molar-refractivity contribution >= 4 is 5.97 Å². The summed E-state index contributed by atoms with van der Waals surface area (Å²) in [6.45, 7) is 2.90. The van der Waals surface area contributed by atoms with Crippen molar-refractivity contribution in [1.82, 2.24) is 4.90 Å². The molecule has 0 bridgehead atoms. The van der Waals surface area contributed by atoms with E-state index in [1.807, 2.05) is 6.08 Å². The summed E-state index contributed by atoms with van der Waals surface area (Å²) in [5.74, 6) is 7.95. The lowest BCUT2D eigenvalue weighted by Gasteiger charge is -2.44. The molecule has 4 nitrogen and oxygen atoms in total. The van der Waals surface area contributed by atoms with E-state index < -0.39 is 17.9 Å². The highest BCUT2D eigenvalue weighted by atomic mass is 19.4. The van der Waals surface area contributed by atoms with Gasteiger partial charge in [-0.15, -0.1) is 19.6 Å². The smallest absolute Gasteiger partial charge is 0.436 e. The predicted molar refractivity (Wildman–Crippen MR) is 108 cm³/mol. The molecule has 0 N–H and O–H groups in total. The number of fused-ring (bicyclic) bond motifs is 3. The van der Waals surface area contributed by atoms with Crippen LogP contribution in [0.1, 0.15) is 31.7 Å². The lowest BCUT2D eigenvalue weighted by atomic mass is 9.80. The molecule has 1 aromatic rings. The number of carbonyl (C=O) groups is 1. The number of carbonyl (C=O) groups excluding carboxylic acids is 1. The first-order chi connectivity index (χ1) is 14.7. The van der Waals surface area contributed by atoms with Crippen LogP contribution in [0, 0.1) is 24.2 Å². The number of esters is 1. The van der Waals surface area contributed by atoms with Gasteiger partial charge in [0.05, 0.1) is 6.04 Å². The molecule has 160 valence electrons. The van der Waals surface area contributed by atoms with Gasteiger partial charge in [0.1, 0.15) is 5.75 Å². The summed E-state index contributed by atoms with van der Waals surface area (Å²) in [4.78, 5) is 14.5. The number of piperidine rings is 1.